The van der Waals surface area contributed by atoms with Crippen molar-refractivity contribution in [2.75, 3.05) is 0 Å². The van der Waals surface area contributed by atoms with Crippen molar-refractivity contribution in [1.82, 2.24) is 4.57 Å². The number of halogens is 2. The zero-order valence-corrected chi connectivity index (χ0v) is 15.4. The molecule has 0 radical (unpaired) electrons. The number of carbonyl (C=O) groups excluding carboxylic acids is 1. The Balaban J connectivity index is 2.21. The molecule has 1 amide bonds. The summed E-state index contributed by atoms with van der Waals surface area (Å²) in [5.74, 6) is -3.53. The molecule has 8 heteroatoms. The average molecular weight is 399 g/mol. The van der Waals surface area contributed by atoms with Crippen molar-refractivity contribution in [3.8, 4) is 16.9 Å². The van der Waals surface area contributed by atoms with E-state index in [4.69, 9.17) is 16.6 Å². The molecule has 29 heavy (non-hydrogen) atoms. The number of aromatic nitrogens is 1. The maximum Gasteiger partial charge on any atom is 0.303 e. The second-order valence-electron chi connectivity index (χ2n) is 6.48. The smallest absolute Gasteiger partial charge is 0.303 e. The van der Waals surface area contributed by atoms with Gasteiger partial charge in [-0.2, -0.15) is 0 Å². The van der Waals surface area contributed by atoms with Gasteiger partial charge < -0.3 is 21.1 Å². The Kier molecular flexibility index (Phi) is 5.74. The average Bonchev–Trinajstić information content (AvgIpc) is 3.11. The van der Waals surface area contributed by atoms with E-state index in [1.165, 1.54) is 12.1 Å². The van der Waals surface area contributed by atoms with Crippen LogP contribution in [0.3, 0.4) is 0 Å². The zero-order chi connectivity index (χ0) is 21.1. The Morgan fingerprint density at radius 3 is 2.38 bits per heavy atom. The van der Waals surface area contributed by atoms with E-state index in [1.807, 2.05) is 0 Å². The van der Waals surface area contributed by atoms with E-state index >= 15 is 0 Å². The molecule has 0 aliphatic rings. The van der Waals surface area contributed by atoms with Gasteiger partial charge in [0.2, 0.25) is 5.91 Å². The first-order chi connectivity index (χ1) is 13.8. The van der Waals surface area contributed by atoms with Crippen molar-refractivity contribution in [3.05, 3.63) is 77.0 Å². The van der Waals surface area contributed by atoms with Crippen LogP contribution in [0.4, 0.5) is 8.78 Å². The Hall–Kier alpha value is -3.52. The number of nitrogens with two attached hydrogens (primary N) is 2. The molecule has 1 aromatic heterocycles. The lowest BCUT2D eigenvalue weighted by atomic mass is 10.1. The number of carboxylic acid groups (broad SMARTS) is 1. The third-order valence-electron chi connectivity index (χ3n) is 4.60. The van der Waals surface area contributed by atoms with Gasteiger partial charge in [-0.15, -0.1) is 0 Å². The largest absolute Gasteiger partial charge is 0.481 e. The molecule has 0 fully saturated rings. The number of carbonyl (C=O) groups is 2. The van der Waals surface area contributed by atoms with Crippen molar-refractivity contribution in [2.45, 2.75) is 19.4 Å². The number of primary amides is 1. The first kappa shape index (κ1) is 20.2. The highest BCUT2D eigenvalue weighted by Crippen LogP contribution is 2.30. The lowest BCUT2D eigenvalue weighted by Gasteiger charge is -2.18. The number of carboxylic acids is 1. The lowest BCUT2D eigenvalue weighted by Crippen LogP contribution is -2.14. The number of hydrogen-bond donors (Lipinski definition) is 3. The molecule has 150 valence electrons. The van der Waals surface area contributed by atoms with E-state index < -0.39 is 23.5 Å². The Labute approximate surface area is 165 Å². The summed E-state index contributed by atoms with van der Waals surface area (Å²) >= 11 is 0. The summed E-state index contributed by atoms with van der Waals surface area (Å²) < 4.78 is 28.9. The Morgan fingerprint density at radius 1 is 1.00 bits per heavy atom. The molecule has 0 saturated heterocycles. The number of aliphatic carboxylic acids is 1. The predicted octanol–water partition coefficient (Wildman–Crippen LogP) is 3.00. The van der Waals surface area contributed by atoms with E-state index in [0.29, 0.717) is 28.2 Å². The van der Waals surface area contributed by atoms with Crippen LogP contribution in [-0.2, 0) is 17.8 Å². The van der Waals surface area contributed by atoms with Gasteiger partial charge >= 0.3 is 5.97 Å². The fraction of sp³-hybridized carbons (Fsp3) is 0.143. The topological polar surface area (TPSA) is 111 Å². The van der Waals surface area contributed by atoms with Gasteiger partial charge in [-0.25, -0.2) is 8.78 Å². The van der Waals surface area contributed by atoms with Crippen molar-refractivity contribution < 1.29 is 23.5 Å². The molecule has 0 atom stereocenters. The molecule has 1 heterocycles. The van der Waals surface area contributed by atoms with Gasteiger partial charge in [0.05, 0.1) is 17.8 Å². The summed E-state index contributed by atoms with van der Waals surface area (Å²) in [6, 6.07) is 11.7. The highest BCUT2D eigenvalue weighted by molar-refractivity contribution is 5.93. The number of hydrogen-bond acceptors (Lipinski definition) is 3. The Bertz CT molecular complexity index is 1090. The van der Waals surface area contributed by atoms with E-state index in [-0.39, 0.29) is 24.9 Å². The van der Waals surface area contributed by atoms with E-state index in [0.717, 1.165) is 12.1 Å². The van der Waals surface area contributed by atoms with E-state index in [9.17, 15) is 18.4 Å². The molecule has 3 rings (SSSR count). The van der Waals surface area contributed by atoms with Gasteiger partial charge in [0.1, 0.15) is 0 Å². The van der Waals surface area contributed by atoms with Crippen LogP contribution < -0.4 is 11.5 Å². The molecule has 0 unspecified atom stereocenters. The highest BCUT2D eigenvalue weighted by atomic mass is 19.2. The number of benzene rings is 2. The minimum Gasteiger partial charge on any atom is -0.481 e. The van der Waals surface area contributed by atoms with Crippen LogP contribution in [0, 0.1) is 11.6 Å². The second kappa shape index (κ2) is 8.24. The fourth-order valence-electron chi connectivity index (χ4n) is 3.19. The number of nitrogens with zero attached hydrogens (tertiary/aromatic N) is 1. The molecule has 0 aliphatic carbocycles. The molecule has 2 aromatic carbocycles. The van der Waals surface area contributed by atoms with Crippen LogP contribution in [0.2, 0.25) is 0 Å². The normalized spacial score (nSPS) is 10.9. The minimum absolute atomic E-state index is 0.0875. The van der Waals surface area contributed by atoms with Crippen LogP contribution >= 0.6 is 0 Å². The quantitative estimate of drug-likeness (QED) is 0.567. The van der Waals surface area contributed by atoms with Gasteiger partial charge in [-0.3, -0.25) is 9.59 Å². The third-order valence-corrected chi connectivity index (χ3v) is 4.60. The van der Waals surface area contributed by atoms with Crippen LogP contribution in [-0.4, -0.2) is 21.6 Å². The maximum absolute atomic E-state index is 13.8. The molecule has 3 aromatic rings. The summed E-state index contributed by atoms with van der Waals surface area (Å²) in [5, 5.41) is 9.05. The monoisotopic (exact) mass is 399 g/mol. The number of amides is 1. The summed E-state index contributed by atoms with van der Waals surface area (Å²) in [7, 11) is 0. The molecule has 0 spiro atoms. The minimum atomic E-state index is -0.995. The van der Waals surface area contributed by atoms with Gasteiger partial charge in [0, 0.05) is 23.4 Å². The van der Waals surface area contributed by atoms with Crippen LogP contribution in [0.5, 0.6) is 0 Å². The molecule has 0 saturated carbocycles. The fourth-order valence-corrected chi connectivity index (χ4v) is 3.19. The SMILES string of the molecule is NCc1cc(C(N)=O)ccc1-n1c(CCC(=O)O)ccc1-c1ccc(F)c(F)c1. The standard InChI is InChI=1S/C21H19F2N3O3/c22-16-5-1-12(10-17(16)23)18-7-3-15(4-8-20(27)28)26(18)19-6-2-13(21(25)29)9-14(19)11-24/h1-3,5-7,9-10H,4,8,11,24H2,(H2,25,29)(H,27,28). The van der Waals surface area contributed by atoms with Crippen molar-refractivity contribution in [1.29, 1.82) is 0 Å². The third kappa shape index (κ3) is 4.17. The first-order valence-corrected chi connectivity index (χ1v) is 8.82. The maximum atomic E-state index is 13.8. The van der Waals surface area contributed by atoms with Gasteiger partial charge in [-0.05, 0) is 60.5 Å². The summed E-state index contributed by atoms with van der Waals surface area (Å²) in [6.45, 7) is 0.0875. The first-order valence-electron chi connectivity index (χ1n) is 8.82. The van der Waals surface area contributed by atoms with E-state index in [1.54, 1.807) is 28.8 Å². The van der Waals surface area contributed by atoms with E-state index in [2.05, 4.69) is 0 Å². The summed E-state index contributed by atoms with van der Waals surface area (Å²) in [6.07, 6.45) is 0.0964. The molecule has 0 aliphatic heterocycles. The van der Waals surface area contributed by atoms with Crippen LogP contribution in [0.25, 0.3) is 16.9 Å². The molecular weight excluding hydrogens is 380 g/mol. The number of aryl methyl sites for hydroxylation is 1. The zero-order valence-electron chi connectivity index (χ0n) is 15.4. The number of rotatable bonds is 7. The molecule has 6 nitrogen and oxygen atoms in total. The van der Waals surface area contributed by atoms with Crippen molar-refractivity contribution in [2.24, 2.45) is 11.5 Å². The second-order valence-corrected chi connectivity index (χ2v) is 6.48. The van der Waals surface area contributed by atoms with Crippen molar-refractivity contribution in [3.63, 3.8) is 0 Å². The molecule has 0 bridgehead atoms. The van der Waals surface area contributed by atoms with Gasteiger partial charge in [0.15, 0.2) is 11.6 Å². The van der Waals surface area contributed by atoms with Crippen molar-refractivity contribution >= 4 is 11.9 Å². The summed E-state index contributed by atoms with van der Waals surface area (Å²) in [4.78, 5) is 22.6. The van der Waals surface area contributed by atoms with Crippen LogP contribution in [0.1, 0.15) is 28.0 Å². The lowest BCUT2D eigenvalue weighted by molar-refractivity contribution is -0.136. The molecular formula is C21H19F2N3O3. The van der Waals surface area contributed by atoms with Crippen LogP contribution in [0.15, 0.2) is 48.5 Å². The van der Waals surface area contributed by atoms with Gasteiger partial charge in [0.25, 0.3) is 0 Å². The van der Waals surface area contributed by atoms with Gasteiger partial charge in [-0.1, -0.05) is 0 Å². The predicted molar refractivity (Wildman–Crippen MR) is 103 cm³/mol. The summed E-state index contributed by atoms with van der Waals surface area (Å²) in [5.41, 5.74) is 14.3. The Morgan fingerprint density at radius 2 is 1.76 bits per heavy atom. The molecule has 5 N–H and O–H groups in total. The highest BCUT2D eigenvalue weighted by Gasteiger charge is 2.17.